The molecular formula is C12H14. The molecule has 12 heavy (non-hydrogen) atoms. The first kappa shape index (κ1) is 8.79. The van der Waals surface area contributed by atoms with E-state index in [1.807, 2.05) is 19.1 Å². The van der Waals surface area contributed by atoms with Gasteiger partial charge in [-0.15, -0.1) is 0 Å². The summed E-state index contributed by atoms with van der Waals surface area (Å²) in [6, 6.07) is 8.36. The summed E-state index contributed by atoms with van der Waals surface area (Å²) >= 11 is 0. The average Bonchev–Trinajstić information content (AvgIpc) is 2.09. The van der Waals surface area contributed by atoms with Gasteiger partial charge in [0, 0.05) is 0 Å². The molecule has 0 atom stereocenters. The summed E-state index contributed by atoms with van der Waals surface area (Å²) in [6.07, 6.45) is 8.24. The lowest BCUT2D eigenvalue weighted by Crippen LogP contribution is -1.76. The molecule has 0 heterocycles. The van der Waals surface area contributed by atoms with E-state index < -0.39 is 0 Å². The van der Waals surface area contributed by atoms with Gasteiger partial charge in [0.05, 0.1) is 0 Å². The Kier molecular flexibility index (Phi) is 3.34. The van der Waals surface area contributed by atoms with Crippen LogP contribution in [0.25, 0.3) is 6.08 Å². The minimum absolute atomic E-state index is 1.29. The molecule has 0 saturated heterocycles. The molecule has 0 radical (unpaired) electrons. The van der Waals surface area contributed by atoms with Gasteiger partial charge in [-0.1, -0.05) is 48.6 Å². The summed E-state index contributed by atoms with van der Waals surface area (Å²) in [4.78, 5) is 0. The number of hydrogen-bond acceptors (Lipinski definition) is 0. The van der Waals surface area contributed by atoms with Crippen molar-refractivity contribution in [2.45, 2.75) is 13.8 Å². The Labute approximate surface area is 74.2 Å². The molecule has 0 amide bonds. The maximum atomic E-state index is 2.12. The van der Waals surface area contributed by atoms with Gasteiger partial charge in [-0.3, -0.25) is 0 Å². The minimum atomic E-state index is 1.29. The van der Waals surface area contributed by atoms with Gasteiger partial charge in [0.15, 0.2) is 0 Å². The van der Waals surface area contributed by atoms with Crippen molar-refractivity contribution in [1.29, 1.82) is 0 Å². The van der Waals surface area contributed by atoms with E-state index in [9.17, 15) is 0 Å². The molecule has 0 saturated carbocycles. The van der Waals surface area contributed by atoms with Crippen molar-refractivity contribution < 1.29 is 0 Å². The van der Waals surface area contributed by atoms with Gasteiger partial charge in [0.2, 0.25) is 0 Å². The fourth-order valence-corrected chi connectivity index (χ4v) is 1.04. The largest absolute Gasteiger partial charge is 0.0877 e. The zero-order valence-corrected chi connectivity index (χ0v) is 7.62. The van der Waals surface area contributed by atoms with Crippen molar-refractivity contribution in [1.82, 2.24) is 0 Å². The Balaban J connectivity index is 2.82. The third kappa shape index (κ3) is 2.39. The number of aryl methyl sites for hydroxylation is 1. The molecule has 0 aromatic heterocycles. The van der Waals surface area contributed by atoms with Crippen molar-refractivity contribution in [2.24, 2.45) is 0 Å². The Bertz CT molecular complexity index is 293. The lowest BCUT2D eigenvalue weighted by atomic mass is 10.1. The van der Waals surface area contributed by atoms with Crippen molar-refractivity contribution in [2.75, 3.05) is 0 Å². The van der Waals surface area contributed by atoms with Crippen LogP contribution in [0, 0.1) is 6.92 Å². The molecule has 0 aliphatic carbocycles. The van der Waals surface area contributed by atoms with E-state index in [-0.39, 0.29) is 0 Å². The van der Waals surface area contributed by atoms with Gasteiger partial charge in [-0.05, 0) is 25.0 Å². The molecule has 0 nitrogen and oxygen atoms in total. The average molecular weight is 158 g/mol. The molecule has 0 aliphatic rings. The van der Waals surface area contributed by atoms with E-state index in [1.165, 1.54) is 11.1 Å². The third-order valence-electron chi connectivity index (χ3n) is 1.77. The minimum Gasteiger partial charge on any atom is -0.0877 e. The van der Waals surface area contributed by atoms with Crippen LogP contribution in [0.3, 0.4) is 0 Å². The van der Waals surface area contributed by atoms with Gasteiger partial charge in [-0.25, -0.2) is 0 Å². The highest BCUT2D eigenvalue weighted by Crippen LogP contribution is 2.08. The van der Waals surface area contributed by atoms with Crippen molar-refractivity contribution >= 4 is 6.08 Å². The molecule has 0 N–H and O–H groups in total. The fourth-order valence-electron chi connectivity index (χ4n) is 1.04. The van der Waals surface area contributed by atoms with Gasteiger partial charge in [-0.2, -0.15) is 0 Å². The fraction of sp³-hybridized carbons (Fsp3) is 0.167. The lowest BCUT2D eigenvalue weighted by Gasteiger charge is -1.96. The third-order valence-corrected chi connectivity index (χ3v) is 1.77. The van der Waals surface area contributed by atoms with Gasteiger partial charge in [0.25, 0.3) is 0 Å². The first-order chi connectivity index (χ1) is 5.84. The summed E-state index contributed by atoms with van der Waals surface area (Å²) in [6.45, 7) is 4.14. The predicted molar refractivity (Wildman–Crippen MR) is 55.0 cm³/mol. The Morgan fingerprint density at radius 1 is 1.08 bits per heavy atom. The van der Waals surface area contributed by atoms with Crippen LogP contribution in [0.2, 0.25) is 0 Å². The number of allylic oxidation sites excluding steroid dienone is 3. The topological polar surface area (TPSA) is 0 Å². The molecule has 62 valence electrons. The van der Waals surface area contributed by atoms with Gasteiger partial charge < -0.3 is 0 Å². The molecule has 1 aromatic rings. The quantitative estimate of drug-likeness (QED) is 0.577. The zero-order valence-electron chi connectivity index (χ0n) is 7.62. The summed E-state index contributed by atoms with van der Waals surface area (Å²) in [5.74, 6) is 0. The molecule has 0 aliphatic heterocycles. The highest BCUT2D eigenvalue weighted by Gasteiger charge is 1.88. The SMILES string of the molecule is CC=C/C=C\c1ccccc1C. The second-order valence-electron chi connectivity index (χ2n) is 2.74. The molecule has 0 spiro atoms. The highest BCUT2D eigenvalue weighted by molar-refractivity contribution is 5.54. The molecule has 1 aromatic carbocycles. The molecule has 0 bridgehead atoms. The molecule has 0 unspecified atom stereocenters. The second-order valence-corrected chi connectivity index (χ2v) is 2.74. The van der Waals surface area contributed by atoms with E-state index >= 15 is 0 Å². The van der Waals surface area contributed by atoms with Crippen molar-refractivity contribution in [3.05, 3.63) is 53.6 Å². The second kappa shape index (κ2) is 4.55. The maximum Gasteiger partial charge on any atom is -0.0227 e. The standard InChI is InChI=1S/C12H14/c1-3-4-5-9-12-10-7-6-8-11(12)2/h3-10H,1-2H3/b4-3?,9-5-. The highest BCUT2D eigenvalue weighted by atomic mass is 13.9. The summed E-state index contributed by atoms with van der Waals surface area (Å²) in [5, 5.41) is 0. The number of hydrogen-bond donors (Lipinski definition) is 0. The van der Waals surface area contributed by atoms with Gasteiger partial charge >= 0.3 is 0 Å². The summed E-state index contributed by atoms with van der Waals surface area (Å²) in [5.41, 5.74) is 2.61. The smallest absolute Gasteiger partial charge is 0.0227 e. The molecular weight excluding hydrogens is 144 g/mol. The predicted octanol–water partition coefficient (Wildman–Crippen LogP) is 3.58. The van der Waals surface area contributed by atoms with Crippen molar-refractivity contribution in [3.8, 4) is 0 Å². The van der Waals surface area contributed by atoms with Crippen LogP contribution < -0.4 is 0 Å². The summed E-state index contributed by atoms with van der Waals surface area (Å²) < 4.78 is 0. The first-order valence-electron chi connectivity index (χ1n) is 4.19. The number of rotatable bonds is 2. The number of benzene rings is 1. The Hall–Kier alpha value is -1.30. The van der Waals surface area contributed by atoms with Crippen molar-refractivity contribution in [3.63, 3.8) is 0 Å². The van der Waals surface area contributed by atoms with Crippen LogP contribution in [-0.2, 0) is 0 Å². The Morgan fingerprint density at radius 3 is 2.50 bits per heavy atom. The van der Waals surface area contributed by atoms with Gasteiger partial charge in [0.1, 0.15) is 0 Å². The maximum absolute atomic E-state index is 2.12. The van der Waals surface area contributed by atoms with Crippen LogP contribution in [0.4, 0.5) is 0 Å². The van der Waals surface area contributed by atoms with E-state index in [2.05, 4.69) is 43.3 Å². The van der Waals surface area contributed by atoms with E-state index in [1.54, 1.807) is 0 Å². The van der Waals surface area contributed by atoms with E-state index in [0.29, 0.717) is 0 Å². The molecule has 1 rings (SSSR count). The molecule has 0 fully saturated rings. The first-order valence-corrected chi connectivity index (χ1v) is 4.19. The van der Waals surface area contributed by atoms with Crippen LogP contribution in [0.1, 0.15) is 18.1 Å². The van der Waals surface area contributed by atoms with E-state index in [0.717, 1.165) is 0 Å². The van der Waals surface area contributed by atoms with Crippen LogP contribution in [-0.4, -0.2) is 0 Å². The van der Waals surface area contributed by atoms with Crippen LogP contribution in [0.15, 0.2) is 42.5 Å². The molecule has 0 heteroatoms. The Morgan fingerprint density at radius 2 is 1.83 bits per heavy atom. The van der Waals surface area contributed by atoms with Crippen LogP contribution in [0.5, 0.6) is 0 Å². The summed E-state index contributed by atoms with van der Waals surface area (Å²) in [7, 11) is 0. The van der Waals surface area contributed by atoms with Crippen LogP contribution >= 0.6 is 0 Å². The normalized spacial score (nSPS) is 11.5. The monoisotopic (exact) mass is 158 g/mol. The van der Waals surface area contributed by atoms with E-state index in [4.69, 9.17) is 0 Å². The zero-order chi connectivity index (χ0) is 8.81. The lowest BCUT2D eigenvalue weighted by molar-refractivity contribution is 1.44.